The Morgan fingerprint density at radius 3 is 2.88 bits per heavy atom. The fourth-order valence-electron chi connectivity index (χ4n) is 1.66. The van der Waals surface area contributed by atoms with E-state index in [0.717, 1.165) is 11.4 Å². The lowest BCUT2D eigenvalue weighted by molar-refractivity contribution is 0.386. The average molecular weight is 235 g/mol. The quantitative estimate of drug-likeness (QED) is 0.885. The number of nitrogens with zero attached hydrogens (tertiary/aromatic N) is 2. The summed E-state index contributed by atoms with van der Waals surface area (Å²) in [5.41, 5.74) is 7.46. The van der Waals surface area contributed by atoms with Crippen LogP contribution in [0.25, 0.3) is 5.69 Å². The number of hydrogen-bond acceptors (Lipinski definition) is 3. The Hall–Kier alpha value is -1.88. The van der Waals surface area contributed by atoms with Crippen LogP contribution in [-0.4, -0.2) is 16.7 Å². The lowest BCUT2D eigenvalue weighted by atomic mass is 10.2. The molecule has 5 heteroatoms. The van der Waals surface area contributed by atoms with Crippen LogP contribution in [-0.2, 0) is 0 Å². The maximum absolute atomic E-state index is 13.3. The highest BCUT2D eigenvalue weighted by Gasteiger charge is 2.10. The Labute approximate surface area is 98.8 Å². The van der Waals surface area contributed by atoms with Crippen molar-refractivity contribution in [2.24, 2.45) is 5.73 Å². The number of benzene rings is 1. The predicted octanol–water partition coefficient (Wildman–Crippen LogP) is 2.04. The van der Waals surface area contributed by atoms with Crippen LogP contribution < -0.4 is 10.5 Å². The van der Waals surface area contributed by atoms with Gasteiger partial charge in [-0.2, -0.15) is 0 Å². The Morgan fingerprint density at radius 2 is 2.24 bits per heavy atom. The van der Waals surface area contributed by atoms with Crippen LogP contribution in [0.2, 0.25) is 0 Å². The van der Waals surface area contributed by atoms with Gasteiger partial charge in [-0.3, -0.25) is 0 Å². The molecule has 0 aliphatic carbocycles. The SMILES string of the molecule is COc1cc(-n2cncc2C(C)N)ccc1F. The molecule has 0 saturated heterocycles. The molecule has 1 atom stereocenters. The second kappa shape index (κ2) is 4.55. The third kappa shape index (κ3) is 2.14. The standard InChI is InChI=1S/C12H14FN3O/c1-8(14)11-6-15-7-16(11)9-3-4-10(13)12(5-9)17-2/h3-8H,14H2,1-2H3. The Bertz CT molecular complexity index is 522. The number of aromatic nitrogens is 2. The molecule has 17 heavy (non-hydrogen) atoms. The largest absolute Gasteiger partial charge is 0.494 e. The molecule has 90 valence electrons. The zero-order valence-electron chi connectivity index (χ0n) is 9.72. The first-order valence-electron chi connectivity index (χ1n) is 5.25. The van der Waals surface area contributed by atoms with E-state index in [1.54, 1.807) is 24.7 Å². The first-order valence-corrected chi connectivity index (χ1v) is 5.25. The molecule has 0 bridgehead atoms. The van der Waals surface area contributed by atoms with Crippen molar-refractivity contribution in [2.45, 2.75) is 13.0 Å². The van der Waals surface area contributed by atoms with Gasteiger partial charge < -0.3 is 15.0 Å². The lowest BCUT2D eigenvalue weighted by Crippen LogP contribution is -2.10. The van der Waals surface area contributed by atoms with E-state index in [1.165, 1.54) is 13.2 Å². The molecule has 1 heterocycles. The summed E-state index contributed by atoms with van der Waals surface area (Å²) in [6, 6.07) is 4.49. The van der Waals surface area contributed by atoms with E-state index in [1.807, 2.05) is 11.5 Å². The van der Waals surface area contributed by atoms with Gasteiger partial charge >= 0.3 is 0 Å². The molecule has 1 unspecified atom stereocenters. The summed E-state index contributed by atoms with van der Waals surface area (Å²) in [5, 5.41) is 0. The fourth-order valence-corrected chi connectivity index (χ4v) is 1.66. The summed E-state index contributed by atoms with van der Waals surface area (Å²) in [4.78, 5) is 4.05. The maximum Gasteiger partial charge on any atom is 0.165 e. The van der Waals surface area contributed by atoms with E-state index in [9.17, 15) is 4.39 Å². The molecule has 0 amide bonds. The molecule has 0 spiro atoms. The minimum atomic E-state index is -0.390. The topological polar surface area (TPSA) is 53.1 Å². The number of imidazole rings is 1. The highest BCUT2D eigenvalue weighted by Crippen LogP contribution is 2.23. The van der Waals surface area contributed by atoms with Gasteiger partial charge in [-0.15, -0.1) is 0 Å². The number of hydrogen-bond donors (Lipinski definition) is 1. The molecular weight excluding hydrogens is 221 g/mol. The number of rotatable bonds is 3. The van der Waals surface area contributed by atoms with Crippen molar-refractivity contribution in [2.75, 3.05) is 7.11 Å². The average Bonchev–Trinajstić information content (AvgIpc) is 2.78. The monoisotopic (exact) mass is 235 g/mol. The Morgan fingerprint density at radius 1 is 1.47 bits per heavy atom. The van der Waals surface area contributed by atoms with Gasteiger partial charge in [-0.1, -0.05) is 0 Å². The summed E-state index contributed by atoms with van der Waals surface area (Å²) in [7, 11) is 1.43. The zero-order chi connectivity index (χ0) is 12.4. The first-order chi connectivity index (χ1) is 8.13. The van der Waals surface area contributed by atoms with Crippen molar-refractivity contribution in [3.63, 3.8) is 0 Å². The van der Waals surface area contributed by atoms with Crippen molar-refractivity contribution in [1.29, 1.82) is 0 Å². The van der Waals surface area contributed by atoms with Gasteiger partial charge in [0.2, 0.25) is 0 Å². The molecule has 0 saturated carbocycles. The number of ether oxygens (including phenoxy) is 1. The van der Waals surface area contributed by atoms with E-state index in [2.05, 4.69) is 4.98 Å². The van der Waals surface area contributed by atoms with Crippen LogP contribution in [0.3, 0.4) is 0 Å². The molecule has 0 radical (unpaired) electrons. The third-order valence-electron chi connectivity index (χ3n) is 2.55. The predicted molar refractivity (Wildman–Crippen MR) is 62.7 cm³/mol. The van der Waals surface area contributed by atoms with Gasteiger partial charge in [0.1, 0.15) is 0 Å². The second-order valence-electron chi connectivity index (χ2n) is 3.80. The highest BCUT2D eigenvalue weighted by atomic mass is 19.1. The molecule has 2 aromatic rings. The molecule has 0 aliphatic heterocycles. The fraction of sp³-hybridized carbons (Fsp3) is 0.250. The molecule has 0 fully saturated rings. The van der Waals surface area contributed by atoms with Crippen LogP contribution in [0, 0.1) is 5.82 Å². The van der Waals surface area contributed by atoms with Gasteiger partial charge in [-0.05, 0) is 19.1 Å². The van der Waals surface area contributed by atoms with Crippen molar-refractivity contribution in [3.8, 4) is 11.4 Å². The Kier molecular flexibility index (Phi) is 3.10. The van der Waals surface area contributed by atoms with Crippen LogP contribution in [0.5, 0.6) is 5.75 Å². The molecule has 4 nitrogen and oxygen atoms in total. The lowest BCUT2D eigenvalue weighted by Gasteiger charge is -2.12. The van der Waals surface area contributed by atoms with E-state index in [-0.39, 0.29) is 11.8 Å². The van der Waals surface area contributed by atoms with E-state index in [0.29, 0.717) is 0 Å². The third-order valence-corrected chi connectivity index (χ3v) is 2.55. The van der Waals surface area contributed by atoms with Gasteiger partial charge in [0.05, 0.1) is 31.0 Å². The number of methoxy groups -OCH3 is 1. The summed E-state index contributed by atoms with van der Waals surface area (Å²) in [6.07, 6.45) is 3.34. The highest BCUT2D eigenvalue weighted by molar-refractivity contribution is 5.41. The van der Waals surface area contributed by atoms with Gasteiger partial charge in [-0.25, -0.2) is 9.37 Å². The van der Waals surface area contributed by atoms with Crippen LogP contribution in [0.4, 0.5) is 4.39 Å². The molecule has 2 N–H and O–H groups in total. The molecule has 1 aromatic carbocycles. The summed E-state index contributed by atoms with van der Waals surface area (Å²) in [6.45, 7) is 1.87. The van der Waals surface area contributed by atoms with Crippen molar-refractivity contribution >= 4 is 0 Å². The zero-order valence-corrected chi connectivity index (χ0v) is 9.72. The molecular formula is C12H14FN3O. The summed E-state index contributed by atoms with van der Waals surface area (Å²) >= 11 is 0. The van der Waals surface area contributed by atoms with Crippen LogP contribution in [0.15, 0.2) is 30.7 Å². The number of halogens is 1. The van der Waals surface area contributed by atoms with Crippen molar-refractivity contribution in [1.82, 2.24) is 9.55 Å². The van der Waals surface area contributed by atoms with E-state index < -0.39 is 5.82 Å². The molecule has 0 aliphatic rings. The van der Waals surface area contributed by atoms with Gasteiger partial charge in [0, 0.05) is 12.1 Å². The van der Waals surface area contributed by atoms with Crippen LogP contribution in [0.1, 0.15) is 18.7 Å². The van der Waals surface area contributed by atoms with Crippen molar-refractivity contribution in [3.05, 3.63) is 42.2 Å². The Balaban J connectivity index is 2.49. The summed E-state index contributed by atoms with van der Waals surface area (Å²) < 4.78 is 20.1. The second-order valence-corrected chi connectivity index (χ2v) is 3.80. The first kappa shape index (κ1) is 11.6. The minimum Gasteiger partial charge on any atom is -0.494 e. The van der Waals surface area contributed by atoms with E-state index in [4.69, 9.17) is 10.5 Å². The smallest absolute Gasteiger partial charge is 0.165 e. The maximum atomic E-state index is 13.3. The molecule has 1 aromatic heterocycles. The molecule has 2 rings (SSSR count). The van der Waals surface area contributed by atoms with E-state index >= 15 is 0 Å². The van der Waals surface area contributed by atoms with Crippen LogP contribution >= 0.6 is 0 Å². The summed E-state index contributed by atoms with van der Waals surface area (Å²) in [5.74, 6) is -0.189. The van der Waals surface area contributed by atoms with Gasteiger partial charge in [0.25, 0.3) is 0 Å². The normalized spacial score (nSPS) is 12.5. The van der Waals surface area contributed by atoms with Gasteiger partial charge in [0.15, 0.2) is 11.6 Å². The van der Waals surface area contributed by atoms with Crippen molar-refractivity contribution < 1.29 is 9.13 Å². The minimum absolute atomic E-state index is 0.145. The number of nitrogens with two attached hydrogens (primary N) is 1.